The normalized spacial score (nSPS) is 19.2. The van der Waals surface area contributed by atoms with Crippen LogP contribution in [0.5, 0.6) is 5.75 Å². The number of hydrazone groups is 1. The first-order chi connectivity index (χ1) is 15.7. The van der Waals surface area contributed by atoms with Crippen LogP contribution in [0.2, 0.25) is 5.02 Å². The van der Waals surface area contributed by atoms with Gasteiger partial charge >= 0.3 is 0 Å². The SMILES string of the molecule is O=C(c1ccc(Cl)cc1)[C@@H]1Oc2ccccc2[C@@H]2CC(c3ccc4ccccc4c3)=NN12. The molecule has 0 N–H and O–H groups in total. The Bertz CT molecular complexity index is 1380. The number of ketones is 1. The van der Waals surface area contributed by atoms with Gasteiger partial charge in [-0.1, -0.05) is 66.2 Å². The van der Waals surface area contributed by atoms with Gasteiger partial charge in [0, 0.05) is 22.6 Å². The first-order valence-corrected chi connectivity index (χ1v) is 11.0. The Hall–Kier alpha value is -3.63. The zero-order valence-corrected chi connectivity index (χ0v) is 17.9. The molecule has 4 aromatic rings. The van der Waals surface area contributed by atoms with Crippen molar-refractivity contribution in [1.29, 1.82) is 0 Å². The third-order valence-corrected chi connectivity index (χ3v) is 6.39. The van der Waals surface area contributed by atoms with E-state index >= 15 is 0 Å². The maximum Gasteiger partial charge on any atom is 0.251 e. The third kappa shape index (κ3) is 3.15. The summed E-state index contributed by atoms with van der Waals surface area (Å²) in [7, 11) is 0. The molecule has 0 spiro atoms. The van der Waals surface area contributed by atoms with Gasteiger partial charge in [-0.25, -0.2) is 5.01 Å². The Labute approximate surface area is 190 Å². The summed E-state index contributed by atoms with van der Waals surface area (Å²) in [5.74, 6) is 0.598. The lowest BCUT2D eigenvalue weighted by Crippen LogP contribution is -2.45. The van der Waals surface area contributed by atoms with Crippen LogP contribution in [-0.2, 0) is 0 Å². The lowest BCUT2D eigenvalue weighted by atomic mass is 9.95. The second kappa shape index (κ2) is 7.50. The minimum absolute atomic E-state index is 0.0531. The fourth-order valence-electron chi connectivity index (χ4n) is 4.51. The van der Waals surface area contributed by atoms with Gasteiger partial charge in [0.05, 0.1) is 11.8 Å². The molecular weight excluding hydrogens is 420 g/mol. The van der Waals surface area contributed by atoms with Crippen LogP contribution >= 0.6 is 11.6 Å². The predicted molar refractivity (Wildman–Crippen MR) is 126 cm³/mol. The fraction of sp³-hybridized carbons (Fsp3) is 0.111. The smallest absolute Gasteiger partial charge is 0.251 e. The zero-order valence-electron chi connectivity index (χ0n) is 17.1. The number of para-hydroxylation sites is 1. The van der Waals surface area contributed by atoms with E-state index in [4.69, 9.17) is 21.4 Å². The van der Waals surface area contributed by atoms with Crippen LogP contribution in [0, 0.1) is 0 Å². The van der Waals surface area contributed by atoms with Gasteiger partial charge in [0.2, 0.25) is 5.78 Å². The molecule has 2 heterocycles. The van der Waals surface area contributed by atoms with E-state index in [1.165, 1.54) is 10.8 Å². The van der Waals surface area contributed by atoms with Crippen molar-refractivity contribution in [2.24, 2.45) is 5.10 Å². The highest BCUT2D eigenvalue weighted by Gasteiger charge is 2.43. The van der Waals surface area contributed by atoms with Crippen molar-refractivity contribution < 1.29 is 9.53 Å². The van der Waals surface area contributed by atoms with E-state index in [9.17, 15) is 4.79 Å². The summed E-state index contributed by atoms with van der Waals surface area (Å²) in [4.78, 5) is 13.4. The molecule has 0 saturated carbocycles. The van der Waals surface area contributed by atoms with Crippen LogP contribution in [0.1, 0.15) is 33.9 Å². The summed E-state index contributed by atoms with van der Waals surface area (Å²) in [5.41, 5.74) is 3.61. The minimum Gasteiger partial charge on any atom is -0.461 e. The number of fused-ring (bicyclic) bond motifs is 4. The van der Waals surface area contributed by atoms with Crippen molar-refractivity contribution in [2.45, 2.75) is 18.7 Å². The molecule has 2 aliphatic heterocycles. The van der Waals surface area contributed by atoms with Gasteiger partial charge in [-0.2, -0.15) is 5.10 Å². The lowest BCUT2D eigenvalue weighted by Gasteiger charge is -2.37. The number of rotatable bonds is 3. The zero-order chi connectivity index (χ0) is 21.7. The second-order valence-electron chi connectivity index (χ2n) is 8.09. The molecule has 0 fully saturated rings. The summed E-state index contributed by atoms with van der Waals surface area (Å²) >= 11 is 6.01. The molecule has 2 atom stereocenters. The van der Waals surface area contributed by atoms with Crippen LogP contribution in [-0.4, -0.2) is 22.7 Å². The molecule has 4 aromatic carbocycles. The maximum absolute atomic E-state index is 13.4. The summed E-state index contributed by atoms with van der Waals surface area (Å²) in [5, 5.41) is 9.68. The van der Waals surface area contributed by atoms with Crippen molar-refractivity contribution in [3.63, 3.8) is 0 Å². The molecule has 0 aromatic heterocycles. The number of ether oxygens (including phenoxy) is 1. The lowest BCUT2D eigenvalue weighted by molar-refractivity contribution is -0.00455. The van der Waals surface area contributed by atoms with E-state index in [2.05, 4.69) is 36.4 Å². The highest BCUT2D eigenvalue weighted by molar-refractivity contribution is 6.30. The van der Waals surface area contributed by atoms with Crippen LogP contribution in [0.4, 0.5) is 0 Å². The molecule has 5 heteroatoms. The number of nitrogens with zero attached hydrogens (tertiary/aromatic N) is 2. The van der Waals surface area contributed by atoms with E-state index < -0.39 is 6.23 Å². The van der Waals surface area contributed by atoms with Crippen molar-refractivity contribution in [3.05, 3.63) is 113 Å². The molecule has 32 heavy (non-hydrogen) atoms. The topological polar surface area (TPSA) is 41.9 Å². The summed E-state index contributed by atoms with van der Waals surface area (Å²) in [6.45, 7) is 0. The van der Waals surface area contributed by atoms with Crippen LogP contribution in [0.25, 0.3) is 10.8 Å². The number of benzene rings is 4. The summed E-state index contributed by atoms with van der Waals surface area (Å²) in [6, 6.07) is 29.4. The van der Waals surface area contributed by atoms with Crippen molar-refractivity contribution in [3.8, 4) is 5.75 Å². The number of Topliss-reactive ketones (excluding diaryl/α,β-unsaturated/α-hetero) is 1. The number of carbonyl (C=O) groups is 1. The van der Waals surface area contributed by atoms with Crippen molar-refractivity contribution in [1.82, 2.24) is 5.01 Å². The van der Waals surface area contributed by atoms with E-state index in [0.717, 1.165) is 22.6 Å². The maximum atomic E-state index is 13.4. The quantitative estimate of drug-likeness (QED) is 0.355. The highest BCUT2D eigenvalue weighted by Crippen LogP contribution is 2.43. The number of hydrogen-bond donors (Lipinski definition) is 0. The number of hydrogen-bond acceptors (Lipinski definition) is 4. The minimum atomic E-state index is -0.825. The summed E-state index contributed by atoms with van der Waals surface area (Å²) < 4.78 is 6.18. The Morgan fingerprint density at radius 1 is 0.906 bits per heavy atom. The molecule has 4 nitrogen and oxygen atoms in total. The molecular formula is C27H19ClN2O2. The van der Waals surface area contributed by atoms with Gasteiger partial charge in [-0.05, 0) is 52.7 Å². The second-order valence-corrected chi connectivity index (χ2v) is 8.52. The predicted octanol–water partition coefficient (Wildman–Crippen LogP) is 6.25. The van der Waals surface area contributed by atoms with Gasteiger partial charge < -0.3 is 4.74 Å². The van der Waals surface area contributed by atoms with Gasteiger partial charge in [0.1, 0.15) is 5.75 Å². The van der Waals surface area contributed by atoms with E-state index in [-0.39, 0.29) is 11.8 Å². The standard InChI is InChI=1S/C27H19ClN2O2/c28-21-13-11-18(12-14-21)26(31)27-30-24(22-7-3-4-8-25(22)32-27)16-23(29-30)20-10-9-17-5-1-2-6-19(17)15-20/h1-15,24,27H,16H2/t24-,27-/m0/s1. The van der Waals surface area contributed by atoms with Gasteiger partial charge in [0.25, 0.3) is 6.23 Å². The highest BCUT2D eigenvalue weighted by atomic mass is 35.5. The Kier molecular flexibility index (Phi) is 4.47. The van der Waals surface area contributed by atoms with Crippen LogP contribution in [0.3, 0.4) is 0 Å². The van der Waals surface area contributed by atoms with Crippen LogP contribution < -0.4 is 4.74 Å². The largest absolute Gasteiger partial charge is 0.461 e. The van der Waals surface area contributed by atoms with Crippen LogP contribution in [0.15, 0.2) is 96.1 Å². The summed E-state index contributed by atoms with van der Waals surface area (Å²) in [6.07, 6.45) is -0.114. The van der Waals surface area contributed by atoms with Gasteiger partial charge in [-0.15, -0.1) is 0 Å². The average Bonchev–Trinajstić information content (AvgIpc) is 3.29. The average molecular weight is 439 g/mol. The number of halogens is 1. The first-order valence-electron chi connectivity index (χ1n) is 10.6. The first kappa shape index (κ1) is 19.1. The molecule has 0 radical (unpaired) electrons. The van der Waals surface area contributed by atoms with E-state index in [1.807, 2.05) is 35.3 Å². The van der Waals surface area contributed by atoms with Gasteiger partial charge in [-0.3, -0.25) is 4.79 Å². The Morgan fingerprint density at radius 2 is 1.66 bits per heavy atom. The Balaban J connectivity index is 1.42. The molecule has 0 aliphatic carbocycles. The molecule has 0 unspecified atom stereocenters. The van der Waals surface area contributed by atoms with Gasteiger partial charge in [0.15, 0.2) is 0 Å². The molecule has 156 valence electrons. The molecule has 6 rings (SSSR count). The Morgan fingerprint density at radius 3 is 2.50 bits per heavy atom. The van der Waals surface area contributed by atoms with Crippen molar-refractivity contribution in [2.75, 3.05) is 0 Å². The van der Waals surface area contributed by atoms with E-state index in [0.29, 0.717) is 17.0 Å². The monoisotopic (exact) mass is 438 g/mol. The fourth-order valence-corrected chi connectivity index (χ4v) is 4.63. The van der Waals surface area contributed by atoms with Crippen molar-refractivity contribution >= 4 is 33.9 Å². The molecule has 0 saturated heterocycles. The third-order valence-electron chi connectivity index (χ3n) is 6.13. The molecule has 0 amide bonds. The molecule has 0 bridgehead atoms. The number of carbonyl (C=O) groups excluding carboxylic acids is 1. The molecule has 2 aliphatic rings. The van der Waals surface area contributed by atoms with E-state index in [1.54, 1.807) is 24.3 Å².